The van der Waals surface area contributed by atoms with Gasteiger partial charge in [-0.3, -0.25) is 9.59 Å². The second-order valence-electron chi connectivity index (χ2n) is 10.8. The summed E-state index contributed by atoms with van der Waals surface area (Å²) in [6.45, 7) is 6.97. The van der Waals surface area contributed by atoms with Crippen molar-refractivity contribution in [2.24, 2.45) is 17.3 Å². The summed E-state index contributed by atoms with van der Waals surface area (Å²) in [5, 5.41) is 17.6. The molecule has 200 valence electrons. The van der Waals surface area contributed by atoms with E-state index in [0.717, 1.165) is 41.8 Å². The van der Waals surface area contributed by atoms with Crippen LogP contribution in [-0.4, -0.2) is 35.8 Å². The lowest BCUT2D eigenvalue weighted by Crippen LogP contribution is -2.38. The number of carbonyl (C=O) groups excluding carboxylic acids is 2. The predicted octanol–water partition coefficient (Wildman–Crippen LogP) is 6.33. The molecular formula is C29H39N3O4S. The number of hydrogen-bond acceptors (Lipinski definition) is 4. The minimum absolute atomic E-state index is 0.0784. The van der Waals surface area contributed by atoms with Crippen LogP contribution >= 0.6 is 11.8 Å². The Morgan fingerprint density at radius 1 is 1.03 bits per heavy atom. The van der Waals surface area contributed by atoms with E-state index in [1.54, 1.807) is 23.9 Å². The smallest absolute Gasteiger partial charge is 0.319 e. The zero-order valence-electron chi connectivity index (χ0n) is 22.2. The Bertz CT molecular complexity index is 1070. The van der Waals surface area contributed by atoms with Gasteiger partial charge in [0, 0.05) is 22.7 Å². The van der Waals surface area contributed by atoms with Gasteiger partial charge in [0.25, 0.3) is 5.91 Å². The number of carboxylic acid groups (broad SMARTS) is 1. The molecule has 2 aromatic carbocycles. The minimum atomic E-state index is -0.954. The van der Waals surface area contributed by atoms with Gasteiger partial charge in [0.1, 0.15) is 0 Å². The van der Waals surface area contributed by atoms with Crippen LogP contribution in [0.15, 0.2) is 53.4 Å². The summed E-state index contributed by atoms with van der Waals surface area (Å²) >= 11 is 1.62. The number of hydrogen-bond donors (Lipinski definition) is 4. The molecule has 0 saturated heterocycles. The summed E-state index contributed by atoms with van der Waals surface area (Å²) in [6, 6.07) is 14.6. The van der Waals surface area contributed by atoms with Crippen LogP contribution in [0.25, 0.3) is 0 Å². The van der Waals surface area contributed by atoms with E-state index in [2.05, 4.69) is 36.7 Å². The number of carboxylic acids is 1. The lowest BCUT2D eigenvalue weighted by atomic mass is 9.68. The molecule has 0 spiro atoms. The highest BCUT2D eigenvalue weighted by molar-refractivity contribution is 7.98. The molecule has 1 saturated carbocycles. The number of carbonyl (C=O) groups is 3. The fourth-order valence-corrected chi connectivity index (χ4v) is 5.49. The van der Waals surface area contributed by atoms with E-state index in [1.165, 1.54) is 0 Å². The van der Waals surface area contributed by atoms with Crippen molar-refractivity contribution < 1.29 is 19.5 Å². The summed E-state index contributed by atoms with van der Waals surface area (Å²) < 4.78 is 0. The monoisotopic (exact) mass is 525 g/mol. The highest BCUT2D eigenvalue weighted by Gasteiger charge is 2.34. The first-order valence-corrected chi connectivity index (χ1v) is 14.1. The molecule has 1 atom stereocenters. The van der Waals surface area contributed by atoms with Crippen molar-refractivity contribution in [3.8, 4) is 0 Å². The van der Waals surface area contributed by atoms with E-state index >= 15 is 0 Å². The van der Waals surface area contributed by atoms with Gasteiger partial charge in [0.05, 0.1) is 12.5 Å². The third-order valence-electron chi connectivity index (χ3n) is 7.24. The van der Waals surface area contributed by atoms with Gasteiger partial charge in [-0.15, -0.1) is 11.8 Å². The number of nitrogens with one attached hydrogen (secondary N) is 3. The third-order valence-corrected chi connectivity index (χ3v) is 7.96. The summed E-state index contributed by atoms with van der Waals surface area (Å²) in [6.07, 6.45) is 6.15. The van der Waals surface area contributed by atoms with Gasteiger partial charge < -0.3 is 21.1 Å². The molecule has 0 aliphatic heterocycles. The van der Waals surface area contributed by atoms with Crippen molar-refractivity contribution in [2.45, 2.75) is 63.8 Å². The highest BCUT2D eigenvalue weighted by atomic mass is 32.2. The Kier molecular flexibility index (Phi) is 10.0. The predicted molar refractivity (Wildman–Crippen MR) is 149 cm³/mol. The number of anilines is 1. The van der Waals surface area contributed by atoms with Crippen LogP contribution in [0.5, 0.6) is 0 Å². The molecule has 3 amide bonds. The molecule has 0 radical (unpaired) electrons. The Balaban J connectivity index is 1.74. The Labute approximate surface area is 224 Å². The van der Waals surface area contributed by atoms with Gasteiger partial charge in [0.2, 0.25) is 0 Å². The fraction of sp³-hybridized carbons (Fsp3) is 0.483. The second kappa shape index (κ2) is 13.0. The van der Waals surface area contributed by atoms with Crippen LogP contribution in [0.4, 0.5) is 10.5 Å². The van der Waals surface area contributed by atoms with Gasteiger partial charge in [0.15, 0.2) is 0 Å². The molecule has 1 fully saturated rings. The Morgan fingerprint density at radius 3 is 2.30 bits per heavy atom. The lowest BCUT2D eigenvalue weighted by Gasteiger charge is -2.39. The summed E-state index contributed by atoms with van der Waals surface area (Å²) in [5.74, 6) is -0.319. The molecule has 1 aliphatic rings. The number of urea groups is 1. The maximum atomic E-state index is 13.1. The number of rotatable bonds is 9. The van der Waals surface area contributed by atoms with Crippen molar-refractivity contribution in [3.63, 3.8) is 0 Å². The molecule has 2 aromatic rings. The molecule has 1 aliphatic carbocycles. The zero-order chi connectivity index (χ0) is 27.0. The molecule has 1 unspecified atom stereocenters. The van der Waals surface area contributed by atoms with Crippen molar-refractivity contribution in [2.75, 3.05) is 18.1 Å². The zero-order valence-corrected chi connectivity index (χ0v) is 23.0. The van der Waals surface area contributed by atoms with Gasteiger partial charge in [-0.05, 0) is 85.1 Å². The van der Waals surface area contributed by atoms with Crippen LogP contribution in [0.3, 0.4) is 0 Å². The van der Waals surface area contributed by atoms with Crippen molar-refractivity contribution in [3.05, 3.63) is 59.7 Å². The first kappa shape index (κ1) is 28.6. The normalized spacial score (nSPS) is 18.5. The molecule has 37 heavy (non-hydrogen) atoms. The first-order valence-electron chi connectivity index (χ1n) is 12.9. The number of aliphatic carboxylic acids is 1. The van der Waals surface area contributed by atoms with Crippen LogP contribution in [0.2, 0.25) is 0 Å². The summed E-state index contributed by atoms with van der Waals surface area (Å²) in [5.41, 5.74) is 2.42. The molecule has 0 aromatic heterocycles. The number of thioether (sulfide) groups is 1. The lowest BCUT2D eigenvalue weighted by molar-refractivity contribution is -0.136. The van der Waals surface area contributed by atoms with Crippen LogP contribution in [0.1, 0.15) is 74.8 Å². The standard InChI is InChI=1S/C29H39N3O4S/c1-29(2,3)22-14-12-20(13-15-22)26(32-28(36)31-23-6-5-7-24(18-23)37-4)19-8-10-21(11-9-19)27(35)30-17-16-25(33)34/h5-11,18,20,22,26H,12-17H2,1-4H3,(H,30,35)(H,33,34)(H2,31,32,36). The topological polar surface area (TPSA) is 108 Å². The van der Waals surface area contributed by atoms with Crippen molar-refractivity contribution in [1.29, 1.82) is 0 Å². The molecular weight excluding hydrogens is 486 g/mol. The number of amides is 3. The quantitative estimate of drug-likeness (QED) is 0.286. The van der Waals surface area contributed by atoms with Crippen LogP contribution in [0, 0.1) is 17.3 Å². The SMILES string of the molecule is CSc1cccc(NC(=O)NC(c2ccc(C(=O)NCCC(=O)O)cc2)C2CCC(C(C)(C)C)CC2)c1. The minimum Gasteiger partial charge on any atom is -0.481 e. The van der Waals surface area contributed by atoms with Gasteiger partial charge in [-0.1, -0.05) is 39.0 Å². The van der Waals surface area contributed by atoms with Crippen LogP contribution < -0.4 is 16.0 Å². The first-order chi connectivity index (χ1) is 17.6. The second-order valence-corrected chi connectivity index (χ2v) is 11.7. The van der Waals surface area contributed by atoms with Crippen molar-refractivity contribution >= 4 is 35.4 Å². The van der Waals surface area contributed by atoms with E-state index in [4.69, 9.17) is 5.11 Å². The van der Waals surface area contributed by atoms with Crippen molar-refractivity contribution in [1.82, 2.24) is 10.6 Å². The largest absolute Gasteiger partial charge is 0.481 e. The average Bonchev–Trinajstić information content (AvgIpc) is 2.87. The molecule has 7 nitrogen and oxygen atoms in total. The van der Waals surface area contributed by atoms with E-state index in [1.807, 2.05) is 42.7 Å². The maximum Gasteiger partial charge on any atom is 0.319 e. The molecule has 8 heteroatoms. The molecule has 4 N–H and O–H groups in total. The number of benzene rings is 2. The Hall–Kier alpha value is -3.00. The van der Waals surface area contributed by atoms with E-state index < -0.39 is 5.97 Å². The molecule has 0 bridgehead atoms. The third kappa shape index (κ3) is 8.52. The van der Waals surface area contributed by atoms with E-state index in [-0.39, 0.29) is 42.3 Å². The van der Waals surface area contributed by atoms with Gasteiger partial charge in [-0.2, -0.15) is 0 Å². The average molecular weight is 526 g/mol. The van der Waals surface area contributed by atoms with Gasteiger partial charge in [-0.25, -0.2) is 4.79 Å². The summed E-state index contributed by atoms with van der Waals surface area (Å²) in [7, 11) is 0. The van der Waals surface area contributed by atoms with Gasteiger partial charge >= 0.3 is 12.0 Å². The van der Waals surface area contributed by atoms with E-state index in [9.17, 15) is 14.4 Å². The van der Waals surface area contributed by atoms with E-state index in [0.29, 0.717) is 11.5 Å². The molecule has 3 rings (SSSR count). The highest BCUT2D eigenvalue weighted by Crippen LogP contribution is 2.43. The van der Waals surface area contributed by atoms with Crippen LogP contribution in [-0.2, 0) is 4.79 Å². The summed E-state index contributed by atoms with van der Waals surface area (Å²) in [4.78, 5) is 37.2. The fourth-order valence-electron chi connectivity index (χ4n) is 5.03. The maximum absolute atomic E-state index is 13.1. The molecule has 0 heterocycles. The Morgan fingerprint density at radius 2 is 1.70 bits per heavy atom.